The Bertz CT molecular complexity index is 208. The lowest BCUT2D eigenvalue weighted by atomic mass is 9.90. The van der Waals surface area contributed by atoms with Crippen molar-refractivity contribution in [3.63, 3.8) is 0 Å². The first-order chi connectivity index (χ1) is 8.45. The molecule has 0 aromatic rings. The lowest BCUT2D eigenvalue weighted by Crippen LogP contribution is -2.45. The third-order valence-corrected chi connectivity index (χ3v) is 3.40. The zero-order valence-corrected chi connectivity index (χ0v) is 10.8. The number of hydrogen-bond donors (Lipinski definition) is 6. The summed E-state index contributed by atoms with van der Waals surface area (Å²) in [4.78, 5) is 0. The van der Waals surface area contributed by atoms with Crippen LogP contribution < -0.4 is 0 Å². The number of ether oxygens (including phenoxy) is 1. The zero-order chi connectivity index (χ0) is 14.2. The Balaban J connectivity index is 4.46. The van der Waals surface area contributed by atoms with E-state index in [2.05, 4.69) is 0 Å². The number of rotatable bonds is 10. The maximum Gasteiger partial charge on any atom is 0.140 e. The summed E-state index contributed by atoms with van der Waals surface area (Å²) in [6, 6.07) is 0. The van der Waals surface area contributed by atoms with Crippen molar-refractivity contribution in [3.05, 3.63) is 0 Å². The smallest absolute Gasteiger partial charge is 0.140 e. The van der Waals surface area contributed by atoms with Gasteiger partial charge in [-0.15, -0.1) is 0 Å². The second-order valence-electron chi connectivity index (χ2n) is 4.48. The Morgan fingerprint density at radius 2 is 1.28 bits per heavy atom. The molecule has 0 rings (SSSR count). The van der Waals surface area contributed by atoms with Crippen LogP contribution >= 0.6 is 11.6 Å². The molecule has 1 atom stereocenters. The molecule has 0 aromatic carbocycles. The van der Waals surface area contributed by atoms with Gasteiger partial charge in [-0.2, -0.15) is 0 Å². The van der Waals surface area contributed by atoms with Crippen LogP contribution in [0.4, 0.5) is 0 Å². The van der Waals surface area contributed by atoms with Crippen molar-refractivity contribution in [2.45, 2.75) is 5.56 Å². The van der Waals surface area contributed by atoms with E-state index in [1.807, 2.05) is 0 Å². The first-order valence-corrected chi connectivity index (χ1v) is 5.83. The molecule has 0 saturated heterocycles. The summed E-state index contributed by atoms with van der Waals surface area (Å²) >= 11 is 5.46. The van der Waals surface area contributed by atoms with Gasteiger partial charge in [0.05, 0.1) is 57.1 Å². The van der Waals surface area contributed by atoms with E-state index >= 15 is 0 Å². The highest BCUT2D eigenvalue weighted by Crippen LogP contribution is 2.26. The van der Waals surface area contributed by atoms with Crippen LogP contribution in [-0.2, 0) is 4.74 Å². The first-order valence-electron chi connectivity index (χ1n) is 5.40. The van der Waals surface area contributed by atoms with Gasteiger partial charge in [-0.1, -0.05) is 11.6 Å². The van der Waals surface area contributed by atoms with Gasteiger partial charge in [0.1, 0.15) is 5.56 Å². The molecule has 1 unspecified atom stereocenters. The van der Waals surface area contributed by atoms with Gasteiger partial charge in [0, 0.05) is 0 Å². The van der Waals surface area contributed by atoms with Crippen LogP contribution in [0.5, 0.6) is 0 Å². The molecule has 0 aliphatic heterocycles. The van der Waals surface area contributed by atoms with Crippen LogP contribution in [0, 0.1) is 10.8 Å². The van der Waals surface area contributed by atoms with Gasteiger partial charge in [-0.3, -0.25) is 0 Å². The fourth-order valence-electron chi connectivity index (χ4n) is 1.12. The van der Waals surface area contributed by atoms with E-state index < -0.39 is 49.4 Å². The molecule has 0 aromatic heterocycles. The monoisotopic (exact) mass is 288 g/mol. The Morgan fingerprint density at radius 1 is 0.833 bits per heavy atom. The minimum atomic E-state index is -1.51. The summed E-state index contributed by atoms with van der Waals surface area (Å²) < 4.78 is 5.14. The lowest BCUT2D eigenvalue weighted by Gasteiger charge is -2.33. The van der Waals surface area contributed by atoms with Gasteiger partial charge in [0.2, 0.25) is 0 Å². The molecule has 7 nitrogen and oxygen atoms in total. The zero-order valence-electron chi connectivity index (χ0n) is 10.00. The summed E-state index contributed by atoms with van der Waals surface area (Å²) in [5.74, 6) is 0. The standard InChI is InChI=1S/C10H21ClO7/c11-8(17)10(4-15,5-16)7-18-6-9(1-12,2-13)3-14/h8,12-17H,1-7H2. The molecule has 0 radical (unpaired) electrons. The molecular formula is C10H21ClO7. The average Bonchev–Trinajstić information content (AvgIpc) is 2.40. The van der Waals surface area contributed by atoms with Crippen molar-refractivity contribution in [1.82, 2.24) is 0 Å². The number of hydrogen-bond acceptors (Lipinski definition) is 7. The van der Waals surface area contributed by atoms with Crippen molar-refractivity contribution in [3.8, 4) is 0 Å². The highest BCUT2D eigenvalue weighted by molar-refractivity contribution is 6.20. The van der Waals surface area contributed by atoms with Crippen LogP contribution in [0.1, 0.15) is 0 Å². The molecule has 0 fully saturated rings. The van der Waals surface area contributed by atoms with Crippen LogP contribution in [-0.4, -0.2) is 82.5 Å². The van der Waals surface area contributed by atoms with E-state index in [9.17, 15) is 5.11 Å². The second-order valence-corrected chi connectivity index (χ2v) is 4.89. The predicted molar refractivity (Wildman–Crippen MR) is 63.0 cm³/mol. The van der Waals surface area contributed by atoms with Crippen LogP contribution in [0.25, 0.3) is 0 Å². The van der Waals surface area contributed by atoms with Crippen molar-refractivity contribution in [2.75, 3.05) is 46.2 Å². The lowest BCUT2D eigenvalue weighted by molar-refractivity contribution is -0.110. The number of halogens is 1. The highest BCUT2D eigenvalue weighted by atomic mass is 35.5. The molecule has 0 aliphatic rings. The minimum absolute atomic E-state index is 0.206. The third-order valence-electron chi connectivity index (χ3n) is 2.94. The molecule has 110 valence electrons. The molecule has 6 N–H and O–H groups in total. The largest absolute Gasteiger partial charge is 0.396 e. The Labute approximate surface area is 110 Å². The van der Waals surface area contributed by atoms with E-state index in [4.69, 9.17) is 41.9 Å². The molecule has 0 bridgehead atoms. The molecule has 0 heterocycles. The Hall–Kier alpha value is 0.01000. The summed E-state index contributed by atoms with van der Waals surface area (Å²) in [5, 5.41) is 54.7. The van der Waals surface area contributed by atoms with E-state index in [1.54, 1.807) is 0 Å². The first kappa shape index (κ1) is 18.0. The van der Waals surface area contributed by atoms with Crippen molar-refractivity contribution in [1.29, 1.82) is 0 Å². The van der Waals surface area contributed by atoms with Gasteiger partial charge < -0.3 is 35.4 Å². The number of aliphatic hydroxyl groups is 6. The van der Waals surface area contributed by atoms with Crippen molar-refractivity contribution < 1.29 is 35.4 Å². The van der Waals surface area contributed by atoms with E-state index in [0.29, 0.717) is 0 Å². The van der Waals surface area contributed by atoms with E-state index in [1.165, 1.54) is 0 Å². The minimum Gasteiger partial charge on any atom is -0.396 e. The number of alkyl halides is 1. The molecule has 0 saturated carbocycles. The fraction of sp³-hybridized carbons (Fsp3) is 1.00. The molecule has 0 spiro atoms. The topological polar surface area (TPSA) is 131 Å². The fourth-order valence-corrected chi connectivity index (χ4v) is 1.32. The van der Waals surface area contributed by atoms with Gasteiger partial charge in [0.25, 0.3) is 0 Å². The molecule has 18 heavy (non-hydrogen) atoms. The van der Waals surface area contributed by atoms with E-state index in [-0.39, 0.29) is 13.2 Å². The van der Waals surface area contributed by atoms with E-state index in [0.717, 1.165) is 0 Å². The van der Waals surface area contributed by atoms with Crippen molar-refractivity contribution in [2.24, 2.45) is 10.8 Å². The van der Waals surface area contributed by atoms with Gasteiger partial charge >= 0.3 is 0 Å². The maximum absolute atomic E-state index is 9.28. The predicted octanol–water partition coefficient (Wildman–Crippen LogP) is -2.51. The van der Waals surface area contributed by atoms with Gasteiger partial charge in [-0.05, 0) is 0 Å². The molecule has 0 aliphatic carbocycles. The summed E-state index contributed by atoms with van der Waals surface area (Å²) in [7, 11) is 0. The number of aliphatic hydroxyl groups excluding tert-OH is 6. The quantitative estimate of drug-likeness (QED) is 0.245. The third kappa shape index (κ3) is 4.29. The Morgan fingerprint density at radius 3 is 1.56 bits per heavy atom. The highest BCUT2D eigenvalue weighted by Gasteiger charge is 2.38. The molecule has 8 heteroatoms. The van der Waals surface area contributed by atoms with Crippen molar-refractivity contribution >= 4 is 11.6 Å². The normalized spacial score (nSPS) is 14.8. The second kappa shape index (κ2) is 8.23. The van der Waals surface area contributed by atoms with Crippen LogP contribution in [0.3, 0.4) is 0 Å². The summed E-state index contributed by atoms with van der Waals surface area (Å²) in [5.41, 5.74) is -4.17. The molecule has 0 amide bonds. The van der Waals surface area contributed by atoms with Gasteiger partial charge in [-0.25, -0.2) is 0 Å². The van der Waals surface area contributed by atoms with Crippen LogP contribution in [0.2, 0.25) is 0 Å². The maximum atomic E-state index is 9.28. The molecular weight excluding hydrogens is 268 g/mol. The average molecular weight is 289 g/mol. The summed E-state index contributed by atoms with van der Waals surface area (Å²) in [6.45, 7) is -3.16. The van der Waals surface area contributed by atoms with Gasteiger partial charge in [0.15, 0.2) is 0 Å². The summed E-state index contributed by atoms with van der Waals surface area (Å²) in [6.07, 6.45) is 0. The Kier molecular flexibility index (Phi) is 8.24. The van der Waals surface area contributed by atoms with Crippen LogP contribution in [0.15, 0.2) is 0 Å². The SMILES string of the molecule is OCC(CO)(CO)COCC(CO)(CO)C(O)Cl.